The molecule has 0 amide bonds. The van der Waals surface area contributed by atoms with Crippen molar-refractivity contribution in [1.29, 1.82) is 0 Å². The van der Waals surface area contributed by atoms with Gasteiger partial charge < -0.3 is 5.32 Å². The molecule has 1 N–H and O–H groups in total. The average molecular weight is 348 g/mol. The van der Waals surface area contributed by atoms with Crippen LogP contribution in [0.2, 0.25) is 5.02 Å². The summed E-state index contributed by atoms with van der Waals surface area (Å²) in [6, 6.07) is 1.87. The van der Waals surface area contributed by atoms with Gasteiger partial charge in [0.1, 0.15) is 5.82 Å². The number of halogens is 2. The molecule has 1 aromatic rings. The molecule has 0 aliphatic heterocycles. The van der Waals surface area contributed by atoms with Crippen LogP contribution >= 0.6 is 27.5 Å². The molecule has 0 radical (unpaired) electrons. The third kappa shape index (κ3) is 7.78. The molecule has 1 aromatic heterocycles. The highest BCUT2D eigenvalue weighted by molar-refractivity contribution is 9.10. The number of unbranched alkanes of at least 4 members (excludes halogenated alkanes) is 7. The van der Waals surface area contributed by atoms with Crippen LogP contribution < -0.4 is 5.32 Å². The first-order chi connectivity index (χ1) is 9.24. The highest BCUT2D eigenvalue weighted by Crippen LogP contribution is 2.22. The van der Waals surface area contributed by atoms with Crippen LogP contribution in [-0.4, -0.2) is 11.5 Å². The molecular formula is C15H24BrClN2. The van der Waals surface area contributed by atoms with E-state index in [9.17, 15) is 0 Å². The van der Waals surface area contributed by atoms with Gasteiger partial charge in [-0.05, 0) is 28.4 Å². The molecule has 0 saturated carbocycles. The van der Waals surface area contributed by atoms with E-state index in [-0.39, 0.29) is 0 Å². The van der Waals surface area contributed by atoms with E-state index in [2.05, 4.69) is 33.2 Å². The molecule has 4 heteroatoms. The van der Waals surface area contributed by atoms with Gasteiger partial charge in [0.25, 0.3) is 0 Å². The fourth-order valence-corrected chi connectivity index (χ4v) is 2.71. The summed E-state index contributed by atoms with van der Waals surface area (Å²) in [7, 11) is 0. The van der Waals surface area contributed by atoms with E-state index in [1.54, 1.807) is 6.20 Å². The van der Waals surface area contributed by atoms with Crippen LogP contribution in [0.4, 0.5) is 5.82 Å². The summed E-state index contributed by atoms with van der Waals surface area (Å²) in [5.41, 5.74) is 0. The maximum absolute atomic E-state index is 6.09. The first-order valence-electron chi connectivity index (χ1n) is 7.29. The standard InChI is InChI=1S/C15H24BrClN2/c1-2-3-4-5-6-7-8-9-10-18-15-14(17)11-13(16)12-19-15/h11-12H,2-10H2,1H3,(H,18,19). The van der Waals surface area contributed by atoms with Gasteiger partial charge in [0, 0.05) is 17.2 Å². The van der Waals surface area contributed by atoms with Crippen LogP contribution in [0.15, 0.2) is 16.7 Å². The number of anilines is 1. The zero-order valence-electron chi connectivity index (χ0n) is 11.7. The zero-order valence-corrected chi connectivity index (χ0v) is 14.1. The Morgan fingerprint density at radius 2 is 1.74 bits per heavy atom. The Morgan fingerprint density at radius 1 is 1.11 bits per heavy atom. The SMILES string of the molecule is CCCCCCCCCCNc1ncc(Br)cc1Cl. The van der Waals surface area contributed by atoms with E-state index in [0.29, 0.717) is 5.02 Å². The topological polar surface area (TPSA) is 24.9 Å². The minimum Gasteiger partial charge on any atom is -0.369 e. The molecule has 1 rings (SSSR count). The number of nitrogens with one attached hydrogen (secondary N) is 1. The molecule has 0 unspecified atom stereocenters. The van der Waals surface area contributed by atoms with Crippen molar-refractivity contribution in [1.82, 2.24) is 4.98 Å². The smallest absolute Gasteiger partial charge is 0.144 e. The van der Waals surface area contributed by atoms with Gasteiger partial charge >= 0.3 is 0 Å². The monoisotopic (exact) mass is 346 g/mol. The number of hydrogen-bond donors (Lipinski definition) is 1. The molecule has 0 spiro atoms. The summed E-state index contributed by atoms with van der Waals surface area (Å²) in [6.07, 6.45) is 12.4. The predicted octanol–water partition coefficient (Wildman–Crippen LogP) is 6.05. The first kappa shape index (κ1) is 16.8. The second kappa shape index (κ2) is 10.5. The van der Waals surface area contributed by atoms with E-state index in [4.69, 9.17) is 11.6 Å². The van der Waals surface area contributed by atoms with E-state index in [0.717, 1.165) is 16.8 Å². The predicted molar refractivity (Wildman–Crippen MR) is 88.0 cm³/mol. The first-order valence-corrected chi connectivity index (χ1v) is 8.46. The van der Waals surface area contributed by atoms with Gasteiger partial charge in [-0.25, -0.2) is 4.98 Å². The third-order valence-corrected chi connectivity index (χ3v) is 3.85. The molecule has 0 saturated heterocycles. The van der Waals surface area contributed by atoms with Gasteiger partial charge in [0.05, 0.1) is 5.02 Å². The van der Waals surface area contributed by atoms with Crippen LogP contribution in [0.25, 0.3) is 0 Å². The van der Waals surface area contributed by atoms with Crippen molar-refractivity contribution in [2.75, 3.05) is 11.9 Å². The average Bonchev–Trinajstić information content (AvgIpc) is 2.39. The van der Waals surface area contributed by atoms with Gasteiger partial charge in [0.2, 0.25) is 0 Å². The highest BCUT2D eigenvalue weighted by Gasteiger charge is 2.01. The van der Waals surface area contributed by atoms with Crippen LogP contribution in [-0.2, 0) is 0 Å². The lowest BCUT2D eigenvalue weighted by atomic mass is 10.1. The number of nitrogens with zero attached hydrogens (tertiary/aromatic N) is 1. The Balaban J connectivity index is 2.01. The highest BCUT2D eigenvalue weighted by atomic mass is 79.9. The Labute approximate surface area is 130 Å². The van der Waals surface area contributed by atoms with Crippen molar-refractivity contribution in [3.63, 3.8) is 0 Å². The summed E-state index contributed by atoms with van der Waals surface area (Å²) >= 11 is 9.44. The molecule has 0 aromatic carbocycles. The van der Waals surface area contributed by atoms with Crippen LogP contribution in [0.3, 0.4) is 0 Å². The van der Waals surface area contributed by atoms with Gasteiger partial charge in [-0.3, -0.25) is 0 Å². The van der Waals surface area contributed by atoms with Crippen molar-refractivity contribution in [2.45, 2.75) is 58.3 Å². The minimum absolute atomic E-state index is 0.675. The second-order valence-electron chi connectivity index (χ2n) is 4.89. The number of rotatable bonds is 10. The third-order valence-electron chi connectivity index (χ3n) is 3.13. The maximum atomic E-state index is 6.09. The molecule has 1 heterocycles. The molecule has 108 valence electrons. The lowest BCUT2D eigenvalue weighted by Crippen LogP contribution is -2.03. The number of aromatic nitrogens is 1. The van der Waals surface area contributed by atoms with Crippen LogP contribution in [0, 0.1) is 0 Å². The Morgan fingerprint density at radius 3 is 2.37 bits per heavy atom. The van der Waals surface area contributed by atoms with Crippen LogP contribution in [0.1, 0.15) is 58.3 Å². The van der Waals surface area contributed by atoms with Crippen molar-refractivity contribution < 1.29 is 0 Å². The molecule has 19 heavy (non-hydrogen) atoms. The molecule has 0 aliphatic carbocycles. The molecule has 0 bridgehead atoms. The number of pyridine rings is 1. The lowest BCUT2D eigenvalue weighted by Gasteiger charge is -2.07. The van der Waals surface area contributed by atoms with Crippen molar-refractivity contribution >= 4 is 33.3 Å². The van der Waals surface area contributed by atoms with Gasteiger partial charge in [-0.15, -0.1) is 0 Å². The van der Waals surface area contributed by atoms with Crippen molar-refractivity contribution in [3.8, 4) is 0 Å². The second-order valence-corrected chi connectivity index (χ2v) is 6.21. The van der Waals surface area contributed by atoms with Gasteiger partial charge in [0.15, 0.2) is 0 Å². The largest absolute Gasteiger partial charge is 0.369 e. The Bertz CT molecular complexity index is 358. The Hall–Kier alpha value is -0.280. The fraction of sp³-hybridized carbons (Fsp3) is 0.667. The quantitative estimate of drug-likeness (QED) is 0.521. The minimum atomic E-state index is 0.675. The van der Waals surface area contributed by atoms with E-state index >= 15 is 0 Å². The van der Waals surface area contributed by atoms with Crippen LogP contribution in [0.5, 0.6) is 0 Å². The summed E-state index contributed by atoms with van der Waals surface area (Å²) in [5.74, 6) is 0.785. The normalized spacial score (nSPS) is 10.7. The fourth-order valence-electron chi connectivity index (χ4n) is 2.01. The molecule has 2 nitrogen and oxygen atoms in total. The summed E-state index contributed by atoms with van der Waals surface area (Å²) < 4.78 is 0.912. The van der Waals surface area contributed by atoms with E-state index in [1.165, 1.54) is 51.4 Å². The van der Waals surface area contributed by atoms with Crippen molar-refractivity contribution in [3.05, 3.63) is 21.8 Å². The molecular weight excluding hydrogens is 324 g/mol. The number of hydrogen-bond acceptors (Lipinski definition) is 2. The van der Waals surface area contributed by atoms with Crippen molar-refractivity contribution in [2.24, 2.45) is 0 Å². The van der Waals surface area contributed by atoms with Gasteiger partial charge in [-0.2, -0.15) is 0 Å². The van der Waals surface area contributed by atoms with E-state index in [1.807, 2.05) is 6.07 Å². The summed E-state index contributed by atoms with van der Waals surface area (Å²) in [5, 5.41) is 3.96. The Kier molecular flexibility index (Phi) is 9.27. The van der Waals surface area contributed by atoms with E-state index < -0.39 is 0 Å². The van der Waals surface area contributed by atoms with Gasteiger partial charge in [-0.1, -0.05) is 63.5 Å². The molecule has 0 atom stereocenters. The molecule has 0 aliphatic rings. The summed E-state index contributed by atoms with van der Waals surface area (Å²) in [6.45, 7) is 3.20. The molecule has 0 fully saturated rings. The zero-order chi connectivity index (χ0) is 13.9. The lowest BCUT2D eigenvalue weighted by molar-refractivity contribution is 0.581. The maximum Gasteiger partial charge on any atom is 0.144 e. The summed E-state index contributed by atoms with van der Waals surface area (Å²) in [4.78, 5) is 4.26.